The van der Waals surface area contributed by atoms with Crippen LogP contribution in [-0.2, 0) is 4.74 Å². The summed E-state index contributed by atoms with van der Waals surface area (Å²) in [5.74, 6) is -0.624. The van der Waals surface area contributed by atoms with Gasteiger partial charge < -0.3 is 10.1 Å². The molecule has 0 aliphatic carbocycles. The van der Waals surface area contributed by atoms with Crippen LogP contribution in [0.4, 0.5) is 4.39 Å². The predicted octanol–water partition coefficient (Wildman–Crippen LogP) is 2.74. The van der Waals surface area contributed by atoms with Crippen molar-refractivity contribution in [1.82, 2.24) is 5.32 Å². The van der Waals surface area contributed by atoms with Gasteiger partial charge in [-0.1, -0.05) is 22.9 Å². The van der Waals surface area contributed by atoms with E-state index in [1.165, 1.54) is 12.1 Å². The van der Waals surface area contributed by atoms with Crippen LogP contribution in [0.3, 0.4) is 0 Å². The van der Waals surface area contributed by atoms with Gasteiger partial charge in [0.25, 0.3) is 5.91 Å². The molecular formula is C13H15BrFNO2. The molecular weight excluding hydrogens is 301 g/mol. The molecule has 1 fully saturated rings. The molecule has 2 rings (SSSR count). The highest BCUT2D eigenvalue weighted by atomic mass is 79.9. The van der Waals surface area contributed by atoms with Gasteiger partial charge >= 0.3 is 0 Å². The van der Waals surface area contributed by atoms with Gasteiger partial charge in [-0.05, 0) is 30.5 Å². The Morgan fingerprint density at radius 3 is 3.00 bits per heavy atom. The molecule has 0 bridgehead atoms. The number of hydrogen-bond acceptors (Lipinski definition) is 2. The van der Waals surface area contributed by atoms with E-state index in [9.17, 15) is 9.18 Å². The Kier molecular flexibility index (Phi) is 4.35. The van der Waals surface area contributed by atoms with Crippen LogP contribution in [0.15, 0.2) is 22.7 Å². The van der Waals surface area contributed by atoms with Crippen molar-refractivity contribution in [2.45, 2.75) is 19.4 Å². The van der Waals surface area contributed by atoms with Crippen molar-refractivity contribution in [3.8, 4) is 0 Å². The molecule has 5 heteroatoms. The van der Waals surface area contributed by atoms with Gasteiger partial charge in [0, 0.05) is 17.1 Å². The van der Waals surface area contributed by atoms with Crippen LogP contribution in [-0.4, -0.2) is 25.2 Å². The van der Waals surface area contributed by atoms with Crippen LogP contribution in [0, 0.1) is 11.7 Å². The van der Waals surface area contributed by atoms with E-state index < -0.39 is 5.82 Å². The van der Waals surface area contributed by atoms with Crippen LogP contribution in [0.1, 0.15) is 23.7 Å². The van der Waals surface area contributed by atoms with Crippen molar-refractivity contribution < 1.29 is 13.9 Å². The molecule has 2 atom stereocenters. The van der Waals surface area contributed by atoms with Gasteiger partial charge in [0.1, 0.15) is 5.82 Å². The lowest BCUT2D eigenvalue weighted by molar-refractivity contribution is 0.0374. The highest BCUT2D eigenvalue weighted by Crippen LogP contribution is 2.18. The third-order valence-corrected chi connectivity index (χ3v) is 3.63. The number of ether oxygens (including phenoxy) is 1. The monoisotopic (exact) mass is 315 g/mol. The summed E-state index contributed by atoms with van der Waals surface area (Å²) in [6.45, 7) is 3.29. The van der Waals surface area contributed by atoms with Crippen molar-refractivity contribution in [3.05, 3.63) is 34.1 Å². The van der Waals surface area contributed by atoms with E-state index in [0.29, 0.717) is 17.7 Å². The molecule has 1 aliphatic rings. The fourth-order valence-electron chi connectivity index (χ4n) is 2.01. The molecule has 98 valence electrons. The summed E-state index contributed by atoms with van der Waals surface area (Å²) in [5.41, 5.74) is 0.0805. The first kappa shape index (κ1) is 13.5. The third kappa shape index (κ3) is 3.09. The number of carbonyl (C=O) groups is 1. The van der Waals surface area contributed by atoms with Crippen LogP contribution in [0.25, 0.3) is 0 Å². The second-order valence-electron chi connectivity index (χ2n) is 4.54. The molecule has 1 aromatic rings. The van der Waals surface area contributed by atoms with E-state index in [2.05, 4.69) is 21.2 Å². The van der Waals surface area contributed by atoms with E-state index in [1.807, 2.05) is 6.92 Å². The van der Waals surface area contributed by atoms with E-state index >= 15 is 0 Å². The van der Waals surface area contributed by atoms with Gasteiger partial charge in [-0.2, -0.15) is 0 Å². The maximum absolute atomic E-state index is 13.6. The zero-order valence-corrected chi connectivity index (χ0v) is 11.7. The van der Waals surface area contributed by atoms with Gasteiger partial charge in [-0.25, -0.2) is 4.39 Å². The fourth-order valence-corrected chi connectivity index (χ4v) is 2.35. The van der Waals surface area contributed by atoms with Crippen LogP contribution in [0.5, 0.6) is 0 Å². The minimum atomic E-state index is -0.512. The van der Waals surface area contributed by atoms with Crippen LogP contribution >= 0.6 is 15.9 Å². The number of nitrogens with one attached hydrogen (secondary N) is 1. The van der Waals surface area contributed by atoms with Gasteiger partial charge in [0.05, 0.1) is 12.2 Å². The molecule has 1 amide bonds. The van der Waals surface area contributed by atoms with Crippen molar-refractivity contribution in [1.29, 1.82) is 0 Å². The number of rotatable bonds is 2. The third-order valence-electron chi connectivity index (χ3n) is 3.13. The molecule has 0 aromatic heterocycles. The molecule has 0 saturated carbocycles. The topological polar surface area (TPSA) is 38.3 Å². The summed E-state index contributed by atoms with van der Waals surface area (Å²) >= 11 is 3.17. The lowest BCUT2D eigenvalue weighted by Gasteiger charge is -2.29. The minimum absolute atomic E-state index is 0.0503. The molecule has 1 saturated heterocycles. The quantitative estimate of drug-likeness (QED) is 0.911. The van der Waals surface area contributed by atoms with Crippen molar-refractivity contribution >= 4 is 21.8 Å². The number of halogens is 2. The summed E-state index contributed by atoms with van der Waals surface area (Å²) in [5, 5.41) is 2.87. The molecule has 1 aromatic carbocycles. The lowest BCUT2D eigenvalue weighted by Crippen LogP contribution is -2.44. The zero-order valence-electron chi connectivity index (χ0n) is 10.1. The second-order valence-corrected chi connectivity index (χ2v) is 5.46. The largest absolute Gasteiger partial charge is 0.381 e. The maximum atomic E-state index is 13.6. The van der Waals surface area contributed by atoms with Crippen molar-refractivity contribution in [2.24, 2.45) is 5.92 Å². The Hall–Kier alpha value is -0.940. The molecule has 0 radical (unpaired) electrons. The molecule has 0 spiro atoms. The average molecular weight is 316 g/mol. The normalized spacial score (nSPS) is 23.7. The first-order chi connectivity index (χ1) is 8.58. The summed E-state index contributed by atoms with van der Waals surface area (Å²) in [6.07, 6.45) is 0.769. The first-order valence-electron chi connectivity index (χ1n) is 5.91. The van der Waals surface area contributed by atoms with Gasteiger partial charge in [-0.15, -0.1) is 0 Å². The standard InChI is InChI=1S/C13H15BrFNO2/c1-8-7-18-5-4-12(8)16-13(17)10-3-2-9(14)6-11(10)15/h2-3,6,8,12H,4-5,7H2,1H3,(H,16,17). The summed E-state index contributed by atoms with van der Waals surface area (Å²) < 4.78 is 19.6. The van der Waals surface area contributed by atoms with E-state index in [4.69, 9.17) is 4.74 Å². The molecule has 3 nitrogen and oxygen atoms in total. The zero-order chi connectivity index (χ0) is 13.1. The summed E-state index contributed by atoms with van der Waals surface area (Å²) in [6, 6.07) is 4.49. The number of benzene rings is 1. The van der Waals surface area contributed by atoms with Gasteiger partial charge in [-0.3, -0.25) is 4.79 Å². The van der Waals surface area contributed by atoms with Gasteiger partial charge in [0.15, 0.2) is 0 Å². The van der Waals surface area contributed by atoms with E-state index in [0.717, 1.165) is 6.42 Å². The molecule has 1 heterocycles. The Morgan fingerprint density at radius 2 is 2.33 bits per heavy atom. The number of carbonyl (C=O) groups excluding carboxylic acids is 1. The van der Waals surface area contributed by atoms with E-state index in [-0.39, 0.29) is 23.4 Å². The predicted molar refractivity (Wildman–Crippen MR) is 70.0 cm³/mol. The van der Waals surface area contributed by atoms with Crippen LogP contribution < -0.4 is 5.32 Å². The van der Waals surface area contributed by atoms with Crippen molar-refractivity contribution in [3.63, 3.8) is 0 Å². The average Bonchev–Trinajstić information content (AvgIpc) is 2.32. The van der Waals surface area contributed by atoms with E-state index in [1.54, 1.807) is 6.07 Å². The molecule has 2 unspecified atom stereocenters. The molecule has 1 N–H and O–H groups in total. The number of amides is 1. The van der Waals surface area contributed by atoms with Crippen LogP contribution in [0.2, 0.25) is 0 Å². The number of hydrogen-bond donors (Lipinski definition) is 1. The summed E-state index contributed by atoms with van der Waals surface area (Å²) in [7, 11) is 0. The highest BCUT2D eigenvalue weighted by Gasteiger charge is 2.24. The smallest absolute Gasteiger partial charge is 0.254 e. The Labute approximate surface area is 114 Å². The van der Waals surface area contributed by atoms with Gasteiger partial charge in [0.2, 0.25) is 0 Å². The Morgan fingerprint density at radius 1 is 1.56 bits per heavy atom. The summed E-state index contributed by atoms with van der Waals surface area (Å²) in [4.78, 5) is 12.0. The maximum Gasteiger partial charge on any atom is 0.254 e. The van der Waals surface area contributed by atoms with Crippen molar-refractivity contribution in [2.75, 3.05) is 13.2 Å². The Balaban J connectivity index is 2.07. The SMILES string of the molecule is CC1COCCC1NC(=O)c1ccc(Br)cc1F. The Bertz CT molecular complexity index is 453. The highest BCUT2D eigenvalue weighted by molar-refractivity contribution is 9.10. The molecule has 1 aliphatic heterocycles. The first-order valence-corrected chi connectivity index (χ1v) is 6.71. The second kappa shape index (κ2) is 5.80. The molecule has 18 heavy (non-hydrogen) atoms. The minimum Gasteiger partial charge on any atom is -0.381 e. The fraction of sp³-hybridized carbons (Fsp3) is 0.462. The lowest BCUT2D eigenvalue weighted by atomic mass is 9.97.